The Balaban J connectivity index is 1.94. The van der Waals surface area contributed by atoms with Crippen LogP contribution in [0.4, 0.5) is 0 Å². The van der Waals surface area contributed by atoms with Gasteiger partial charge in [0, 0.05) is 19.1 Å². The molecule has 2 N–H and O–H groups in total. The number of nitrogens with one attached hydrogen (secondary N) is 1. The molecule has 0 aromatic heterocycles. The number of piperidine rings is 1. The summed E-state index contributed by atoms with van der Waals surface area (Å²) >= 11 is 0. The summed E-state index contributed by atoms with van der Waals surface area (Å²) in [4.78, 5) is 2.60. The minimum absolute atomic E-state index is 0.343. The van der Waals surface area contributed by atoms with Gasteiger partial charge in [0.25, 0.3) is 0 Å². The van der Waals surface area contributed by atoms with E-state index in [1.54, 1.807) is 0 Å². The third kappa shape index (κ3) is 5.22. The van der Waals surface area contributed by atoms with Crippen LogP contribution in [0, 0.1) is 11.3 Å². The average molecular weight is 296 g/mol. The van der Waals surface area contributed by atoms with Crippen molar-refractivity contribution in [1.29, 1.82) is 0 Å². The van der Waals surface area contributed by atoms with Crippen LogP contribution in [0.2, 0.25) is 0 Å². The first-order chi connectivity index (χ1) is 10.2. The molecule has 1 heterocycles. The second kappa shape index (κ2) is 8.50. The zero-order valence-corrected chi connectivity index (χ0v) is 14.2. The van der Waals surface area contributed by atoms with Crippen LogP contribution < -0.4 is 5.32 Å². The molecular formula is C18H36N2O. The van der Waals surface area contributed by atoms with Crippen molar-refractivity contribution in [3.05, 3.63) is 0 Å². The molecule has 124 valence electrons. The Hall–Kier alpha value is -0.120. The van der Waals surface area contributed by atoms with E-state index in [0.717, 1.165) is 12.5 Å². The highest BCUT2D eigenvalue weighted by Crippen LogP contribution is 2.38. The molecule has 1 atom stereocenters. The van der Waals surface area contributed by atoms with Gasteiger partial charge in [0.05, 0.1) is 6.61 Å². The number of hydrogen-bond acceptors (Lipinski definition) is 3. The number of aliphatic hydroxyl groups is 1. The average Bonchev–Trinajstić information content (AvgIpc) is 2.48. The van der Waals surface area contributed by atoms with E-state index in [4.69, 9.17) is 0 Å². The van der Waals surface area contributed by atoms with Crippen LogP contribution in [0.25, 0.3) is 0 Å². The van der Waals surface area contributed by atoms with Crippen molar-refractivity contribution in [3.8, 4) is 0 Å². The Morgan fingerprint density at radius 3 is 2.57 bits per heavy atom. The highest BCUT2D eigenvalue weighted by atomic mass is 16.3. The summed E-state index contributed by atoms with van der Waals surface area (Å²) in [5, 5.41) is 13.4. The van der Waals surface area contributed by atoms with E-state index in [1.807, 2.05) is 0 Å². The van der Waals surface area contributed by atoms with Crippen LogP contribution in [-0.2, 0) is 0 Å². The Morgan fingerprint density at radius 2 is 1.90 bits per heavy atom. The fraction of sp³-hybridized carbons (Fsp3) is 1.00. The Kier molecular flexibility index (Phi) is 6.97. The summed E-state index contributed by atoms with van der Waals surface area (Å²) in [6.07, 6.45) is 10.7. The maximum Gasteiger partial charge on any atom is 0.0586 e. The quantitative estimate of drug-likeness (QED) is 0.758. The Morgan fingerprint density at radius 1 is 1.14 bits per heavy atom. The lowest BCUT2D eigenvalue weighted by Crippen LogP contribution is -2.51. The van der Waals surface area contributed by atoms with Gasteiger partial charge in [-0.15, -0.1) is 0 Å². The molecule has 0 aromatic carbocycles. The van der Waals surface area contributed by atoms with E-state index < -0.39 is 0 Å². The zero-order chi connectivity index (χ0) is 15.1. The molecule has 0 spiro atoms. The molecule has 0 radical (unpaired) electrons. The minimum Gasteiger partial charge on any atom is -0.395 e. The third-order valence-electron chi connectivity index (χ3n) is 5.47. The van der Waals surface area contributed by atoms with Gasteiger partial charge in [-0.05, 0) is 50.1 Å². The maximum atomic E-state index is 9.67. The molecule has 1 aliphatic carbocycles. The van der Waals surface area contributed by atoms with Crippen LogP contribution in [-0.4, -0.2) is 48.8 Å². The third-order valence-corrected chi connectivity index (χ3v) is 5.47. The van der Waals surface area contributed by atoms with Gasteiger partial charge in [-0.1, -0.05) is 39.5 Å². The first kappa shape index (κ1) is 17.2. The molecule has 3 nitrogen and oxygen atoms in total. The van der Waals surface area contributed by atoms with Gasteiger partial charge in [0.2, 0.25) is 0 Å². The largest absolute Gasteiger partial charge is 0.395 e. The molecule has 2 rings (SSSR count). The summed E-state index contributed by atoms with van der Waals surface area (Å²) in [5.41, 5.74) is 0.456. The van der Waals surface area contributed by atoms with Gasteiger partial charge in [-0.3, -0.25) is 4.90 Å². The van der Waals surface area contributed by atoms with Crippen LogP contribution in [0.5, 0.6) is 0 Å². The predicted molar refractivity (Wildman–Crippen MR) is 89.5 cm³/mol. The van der Waals surface area contributed by atoms with Crippen molar-refractivity contribution in [3.63, 3.8) is 0 Å². The number of rotatable bonds is 7. The first-order valence-electron chi connectivity index (χ1n) is 9.21. The van der Waals surface area contributed by atoms with Crippen LogP contribution >= 0.6 is 0 Å². The summed E-state index contributed by atoms with van der Waals surface area (Å²) in [7, 11) is 0. The minimum atomic E-state index is 0.343. The SMILES string of the molecule is CC(C)CNCC1(CN2CCCCC2CO)CCCCC1. The molecule has 3 heteroatoms. The van der Waals surface area contributed by atoms with E-state index in [2.05, 4.69) is 24.1 Å². The normalized spacial score (nSPS) is 27.1. The number of nitrogens with zero attached hydrogens (tertiary/aromatic N) is 1. The van der Waals surface area contributed by atoms with Gasteiger partial charge < -0.3 is 10.4 Å². The van der Waals surface area contributed by atoms with Crippen molar-refractivity contribution >= 4 is 0 Å². The second-order valence-electron chi connectivity index (χ2n) is 7.89. The zero-order valence-electron chi connectivity index (χ0n) is 14.2. The van der Waals surface area contributed by atoms with Gasteiger partial charge >= 0.3 is 0 Å². The lowest BCUT2D eigenvalue weighted by molar-refractivity contribution is 0.0308. The van der Waals surface area contributed by atoms with Gasteiger partial charge in [0.15, 0.2) is 0 Å². The maximum absolute atomic E-state index is 9.67. The molecule has 0 bridgehead atoms. The fourth-order valence-electron chi connectivity index (χ4n) is 4.22. The predicted octanol–water partition coefficient (Wildman–Crippen LogP) is 3.03. The molecule has 2 fully saturated rings. The molecule has 1 unspecified atom stereocenters. The van der Waals surface area contributed by atoms with Crippen molar-refractivity contribution in [2.45, 2.75) is 71.3 Å². The Bertz CT molecular complexity index is 287. The topological polar surface area (TPSA) is 35.5 Å². The van der Waals surface area contributed by atoms with Gasteiger partial charge in [0.1, 0.15) is 0 Å². The van der Waals surface area contributed by atoms with E-state index in [0.29, 0.717) is 18.1 Å². The fourth-order valence-corrected chi connectivity index (χ4v) is 4.22. The first-order valence-corrected chi connectivity index (χ1v) is 9.21. The summed E-state index contributed by atoms with van der Waals surface area (Å²) in [6, 6.07) is 0.419. The second-order valence-corrected chi connectivity index (χ2v) is 7.89. The summed E-state index contributed by atoms with van der Waals surface area (Å²) in [5.74, 6) is 0.728. The van der Waals surface area contributed by atoms with E-state index in [1.165, 1.54) is 71.0 Å². The van der Waals surface area contributed by atoms with Crippen molar-refractivity contribution in [2.75, 3.05) is 32.8 Å². The standard InChI is InChI=1S/C18H36N2O/c1-16(2)12-19-14-18(9-5-3-6-10-18)15-20-11-7-4-8-17(20)13-21/h16-17,19,21H,3-15H2,1-2H3. The molecule has 0 aromatic rings. The van der Waals surface area contributed by atoms with Gasteiger partial charge in [-0.25, -0.2) is 0 Å². The highest BCUT2D eigenvalue weighted by Gasteiger charge is 2.36. The van der Waals surface area contributed by atoms with Crippen molar-refractivity contribution in [2.24, 2.45) is 11.3 Å². The highest BCUT2D eigenvalue weighted by molar-refractivity contribution is 4.90. The van der Waals surface area contributed by atoms with Crippen LogP contribution in [0.3, 0.4) is 0 Å². The Labute approximate surface area is 131 Å². The van der Waals surface area contributed by atoms with Crippen LogP contribution in [0.15, 0.2) is 0 Å². The van der Waals surface area contributed by atoms with E-state index >= 15 is 0 Å². The van der Waals surface area contributed by atoms with Gasteiger partial charge in [-0.2, -0.15) is 0 Å². The van der Waals surface area contributed by atoms with Crippen LogP contribution in [0.1, 0.15) is 65.2 Å². The smallest absolute Gasteiger partial charge is 0.0586 e. The molecule has 1 saturated heterocycles. The molecule has 2 aliphatic rings. The molecule has 1 aliphatic heterocycles. The molecule has 0 amide bonds. The summed E-state index contributed by atoms with van der Waals surface area (Å²) < 4.78 is 0. The molecule has 1 saturated carbocycles. The lowest BCUT2D eigenvalue weighted by atomic mass is 9.73. The van der Waals surface area contributed by atoms with Crippen molar-refractivity contribution in [1.82, 2.24) is 10.2 Å². The monoisotopic (exact) mass is 296 g/mol. The number of likely N-dealkylation sites (tertiary alicyclic amines) is 1. The van der Waals surface area contributed by atoms with E-state index in [9.17, 15) is 5.11 Å². The van der Waals surface area contributed by atoms with E-state index in [-0.39, 0.29) is 0 Å². The number of hydrogen-bond donors (Lipinski definition) is 2. The summed E-state index contributed by atoms with van der Waals surface area (Å²) in [6.45, 7) is 9.60. The lowest BCUT2D eigenvalue weighted by Gasteiger charge is -2.45. The molecular weight excluding hydrogens is 260 g/mol. The molecule has 21 heavy (non-hydrogen) atoms. The number of aliphatic hydroxyl groups excluding tert-OH is 1. The van der Waals surface area contributed by atoms with Crippen molar-refractivity contribution < 1.29 is 5.11 Å².